The van der Waals surface area contributed by atoms with E-state index in [9.17, 15) is 4.79 Å². The zero-order valence-electron chi connectivity index (χ0n) is 11.3. The molecule has 0 heterocycles. The van der Waals surface area contributed by atoms with Crippen molar-refractivity contribution < 1.29 is 4.79 Å². The molecule has 3 heteroatoms. The lowest BCUT2D eigenvalue weighted by Crippen LogP contribution is -2.26. The minimum absolute atomic E-state index is 0.000506. The monoisotopic (exact) mass is 317 g/mol. The van der Waals surface area contributed by atoms with Crippen LogP contribution in [0.1, 0.15) is 21.5 Å². The Balaban J connectivity index is 2.30. The van der Waals surface area contributed by atoms with Gasteiger partial charge in [-0.3, -0.25) is 4.79 Å². The van der Waals surface area contributed by atoms with Gasteiger partial charge in [0.1, 0.15) is 0 Å². The summed E-state index contributed by atoms with van der Waals surface area (Å²) in [5.74, 6) is -0.000506. The Bertz CT molecular complexity index is 605. The first-order valence-corrected chi connectivity index (χ1v) is 6.89. The zero-order chi connectivity index (χ0) is 14.0. The van der Waals surface area contributed by atoms with Gasteiger partial charge < -0.3 is 4.90 Å². The lowest BCUT2D eigenvalue weighted by Gasteiger charge is -2.20. The number of anilines is 1. The van der Waals surface area contributed by atoms with Gasteiger partial charge in [-0.15, -0.1) is 0 Å². The molecule has 0 saturated carbocycles. The van der Waals surface area contributed by atoms with Crippen molar-refractivity contribution >= 4 is 27.5 Å². The normalized spacial score (nSPS) is 10.3. The Labute approximate surface area is 122 Å². The largest absolute Gasteiger partial charge is 0.311 e. The number of hydrogen-bond acceptors (Lipinski definition) is 1. The van der Waals surface area contributed by atoms with Gasteiger partial charge in [-0.1, -0.05) is 33.6 Å². The van der Waals surface area contributed by atoms with Crippen LogP contribution < -0.4 is 4.90 Å². The van der Waals surface area contributed by atoms with Gasteiger partial charge in [-0.2, -0.15) is 0 Å². The highest BCUT2D eigenvalue weighted by atomic mass is 79.9. The number of hydrogen-bond donors (Lipinski definition) is 0. The molecule has 2 aromatic carbocycles. The molecule has 0 unspecified atom stereocenters. The summed E-state index contributed by atoms with van der Waals surface area (Å²) < 4.78 is 0.971. The maximum atomic E-state index is 12.4. The van der Waals surface area contributed by atoms with E-state index in [1.807, 2.05) is 57.3 Å². The first-order chi connectivity index (χ1) is 8.99. The molecular weight excluding hydrogens is 302 g/mol. The molecule has 19 heavy (non-hydrogen) atoms. The molecule has 2 nitrogen and oxygen atoms in total. The smallest absolute Gasteiger partial charge is 0.258 e. The summed E-state index contributed by atoms with van der Waals surface area (Å²) in [5, 5.41) is 0. The van der Waals surface area contributed by atoms with E-state index < -0.39 is 0 Å². The van der Waals surface area contributed by atoms with Gasteiger partial charge >= 0.3 is 0 Å². The fourth-order valence-corrected chi connectivity index (χ4v) is 2.34. The van der Waals surface area contributed by atoms with Crippen LogP contribution in [0.4, 0.5) is 5.69 Å². The fraction of sp³-hybridized carbons (Fsp3) is 0.188. The molecule has 0 aliphatic carbocycles. The van der Waals surface area contributed by atoms with Crippen molar-refractivity contribution in [3.63, 3.8) is 0 Å². The molecule has 0 aliphatic heterocycles. The molecule has 1 amide bonds. The van der Waals surface area contributed by atoms with Crippen LogP contribution in [0.5, 0.6) is 0 Å². The van der Waals surface area contributed by atoms with Crippen molar-refractivity contribution in [2.45, 2.75) is 13.8 Å². The summed E-state index contributed by atoms with van der Waals surface area (Å²) in [5.41, 5.74) is 3.93. The minimum atomic E-state index is -0.000506. The second-order valence-electron chi connectivity index (χ2n) is 4.66. The molecule has 0 aromatic heterocycles. The van der Waals surface area contributed by atoms with Crippen LogP contribution in [0.25, 0.3) is 0 Å². The molecule has 2 aromatic rings. The molecule has 98 valence electrons. The molecule has 0 aliphatic rings. The van der Waals surface area contributed by atoms with Crippen molar-refractivity contribution in [2.75, 3.05) is 11.9 Å². The molecule has 0 radical (unpaired) electrons. The number of nitrogens with zero attached hydrogens (tertiary/aromatic N) is 1. The summed E-state index contributed by atoms with van der Waals surface area (Å²) in [4.78, 5) is 14.1. The van der Waals surface area contributed by atoms with Crippen LogP contribution in [0.3, 0.4) is 0 Å². The summed E-state index contributed by atoms with van der Waals surface area (Å²) in [6, 6.07) is 13.5. The fourth-order valence-electron chi connectivity index (χ4n) is 2.08. The third-order valence-corrected chi connectivity index (χ3v) is 3.64. The SMILES string of the molecule is Cc1ccc(N(C)C(=O)c2ccc(Br)cc2)c(C)c1. The van der Waals surface area contributed by atoms with E-state index in [0.29, 0.717) is 5.56 Å². The molecule has 0 atom stereocenters. The second-order valence-corrected chi connectivity index (χ2v) is 5.58. The Kier molecular flexibility index (Phi) is 4.05. The lowest BCUT2D eigenvalue weighted by molar-refractivity contribution is 0.0993. The Hall–Kier alpha value is -1.61. The van der Waals surface area contributed by atoms with Crippen LogP contribution in [0, 0.1) is 13.8 Å². The van der Waals surface area contributed by atoms with Crippen molar-refractivity contribution in [2.24, 2.45) is 0 Å². The average molecular weight is 318 g/mol. The molecule has 0 saturated heterocycles. The first-order valence-electron chi connectivity index (χ1n) is 6.10. The number of carbonyl (C=O) groups is 1. The molecule has 0 spiro atoms. The number of carbonyl (C=O) groups excluding carboxylic acids is 1. The third-order valence-electron chi connectivity index (χ3n) is 3.11. The lowest BCUT2D eigenvalue weighted by atomic mass is 10.1. The van der Waals surface area contributed by atoms with Crippen LogP contribution >= 0.6 is 15.9 Å². The molecule has 2 rings (SSSR count). The van der Waals surface area contributed by atoms with E-state index in [0.717, 1.165) is 15.7 Å². The first kappa shape index (κ1) is 13.8. The number of rotatable bonds is 2. The predicted octanol–water partition coefficient (Wildman–Crippen LogP) is 4.34. The topological polar surface area (TPSA) is 20.3 Å². The highest BCUT2D eigenvalue weighted by Crippen LogP contribution is 2.22. The highest BCUT2D eigenvalue weighted by molar-refractivity contribution is 9.10. The van der Waals surface area contributed by atoms with Gasteiger partial charge in [0.15, 0.2) is 0 Å². The Morgan fingerprint density at radius 3 is 2.26 bits per heavy atom. The van der Waals surface area contributed by atoms with Crippen molar-refractivity contribution in [3.05, 3.63) is 63.6 Å². The molecular formula is C16H16BrNO. The summed E-state index contributed by atoms with van der Waals surface area (Å²) in [7, 11) is 1.81. The number of amides is 1. The second kappa shape index (κ2) is 5.57. The Morgan fingerprint density at radius 1 is 1.05 bits per heavy atom. The van der Waals surface area contributed by atoms with Crippen molar-refractivity contribution in [1.29, 1.82) is 0 Å². The van der Waals surface area contributed by atoms with E-state index in [1.165, 1.54) is 5.56 Å². The average Bonchev–Trinajstić information content (AvgIpc) is 2.38. The summed E-state index contributed by atoms with van der Waals surface area (Å²) in [6.07, 6.45) is 0. The van der Waals surface area contributed by atoms with Gasteiger partial charge in [0.25, 0.3) is 5.91 Å². The highest BCUT2D eigenvalue weighted by Gasteiger charge is 2.14. The third kappa shape index (κ3) is 3.04. The van der Waals surface area contributed by atoms with Gasteiger partial charge in [-0.25, -0.2) is 0 Å². The van der Waals surface area contributed by atoms with E-state index in [4.69, 9.17) is 0 Å². The standard InChI is InChI=1S/C16H16BrNO/c1-11-4-9-15(12(2)10-11)18(3)16(19)13-5-7-14(17)8-6-13/h4-10H,1-3H3. The molecule has 0 N–H and O–H groups in total. The van der Waals surface area contributed by atoms with Gasteiger partial charge in [0, 0.05) is 22.8 Å². The quantitative estimate of drug-likeness (QED) is 0.806. The van der Waals surface area contributed by atoms with Crippen LogP contribution in [-0.4, -0.2) is 13.0 Å². The maximum absolute atomic E-state index is 12.4. The number of halogens is 1. The number of aryl methyl sites for hydroxylation is 2. The van der Waals surface area contributed by atoms with Gasteiger partial charge in [-0.05, 0) is 49.7 Å². The predicted molar refractivity (Wildman–Crippen MR) is 82.8 cm³/mol. The van der Waals surface area contributed by atoms with Crippen LogP contribution in [-0.2, 0) is 0 Å². The van der Waals surface area contributed by atoms with Crippen molar-refractivity contribution in [1.82, 2.24) is 0 Å². The van der Waals surface area contributed by atoms with E-state index in [-0.39, 0.29) is 5.91 Å². The van der Waals surface area contributed by atoms with Gasteiger partial charge in [0.2, 0.25) is 0 Å². The maximum Gasteiger partial charge on any atom is 0.258 e. The van der Waals surface area contributed by atoms with Crippen LogP contribution in [0.15, 0.2) is 46.9 Å². The van der Waals surface area contributed by atoms with Crippen molar-refractivity contribution in [3.8, 4) is 0 Å². The van der Waals surface area contributed by atoms with E-state index >= 15 is 0 Å². The van der Waals surface area contributed by atoms with Crippen LogP contribution in [0.2, 0.25) is 0 Å². The number of benzene rings is 2. The zero-order valence-corrected chi connectivity index (χ0v) is 12.9. The molecule has 0 bridgehead atoms. The van der Waals surface area contributed by atoms with E-state index in [2.05, 4.69) is 22.0 Å². The summed E-state index contributed by atoms with van der Waals surface area (Å²) >= 11 is 3.37. The Morgan fingerprint density at radius 2 is 1.68 bits per heavy atom. The van der Waals surface area contributed by atoms with E-state index in [1.54, 1.807) is 4.90 Å². The minimum Gasteiger partial charge on any atom is -0.311 e. The summed E-state index contributed by atoms with van der Waals surface area (Å²) in [6.45, 7) is 4.07. The van der Waals surface area contributed by atoms with Gasteiger partial charge in [0.05, 0.1) is 0 Å². The molecule has 0 fully saturated rings.